The van der Waals surface area contributed by atoms with E-state index < -0.39 is 88.8 Å². The monoisotopic (exact) mass is 714 g/mol. The predicted molar refractivity (Wildman–Crippen MR) is 153 cm³/mol. The van der Waals surface area contributed by atoms with Crippen LogP contribution in [0.5, 0.6) is 0 Å². The molecule has 0 aromatic heterocycles. The molecule has 7 unspecified atom stereocenters. The average Bonchev–Trinajstić information content (AvgIpc) is 3.78. The molecule has 7 saturated heterocycles. The van der Waals surface area contributed by atoms with Crippen molar-refractivity contribution in [2.24, 2.45) is 0 Å². The van der Waals surface area contributed by atoms with E-state index in [9.17, 15) is 0 Å². The van der Waals surface area contributed by atoms with Crippen molar-refractivity contribution in [3.8, 4) is 0 Å². The molecule has 220 valence electrons. The summed E-state index contributed by atoms with van der Waals surface area (Å²) in [5.74, 6) is 0. The van der Waals surface area contributed by atoms with E-state index in [-0.39, 0.29) is 10.5 Å². The van der Waals surface area contributed by atoms with Crippen LogP contribution in [0.25, 0.3) is 0 Å². The lowest BCUT2D eigenvalue weighted by molar-refractivity contribution is 0.0183. The van der Waals surface area contributed by atoms with Crippen LogP contribution >= 0.6 is 0 Å². The predicted octanol–water partition coefficient (Wildman–Crippen LogP) is -2.39. The summed E-state index contributed by atoms with van der Waals surface area (Å²) in [6.45, 7) is 22.9. The largest absolute Gasteiger partial charge is 0.510 e. The van der Waals surface area contributed by atoms with Crippen molar-refractivity contribution >= 4 is 82.1 Å². The maximum atomic E-state index is 6.77. The van der Waals surface area contributed by atoms with E-state index in [1.54, 1.807) is 5.70 Å². The molecule has 15 nitrogen and oxygen atoms in total. The van der Waals surface area contributed by atoms with Crippen LogP contribution in [0.4, 0.5) is 0 Å². The summed E-state index contributed by atoms with van der Waals surface area (Å²) in [7, 11) is -29.5. The van der Waals surface area contributed by atoms with Gasteiger partial charge in [0.15, 0.2) is 0 Å². The van der Waals surface area contributed by atoms with E-state index >= 15 is 0 Å². The van der Waals surface area contributed by atoms with E-state index in [1.807, 2.05) is 0 Å². The van der Waals surface area contributed by atoms with Crippen LogP contribution in [0, 0.1) is 0 Å². The maximum absolute atomic E-state index is 6.77. The van der Waals surface area contributed by atoms with Gasteiger partial charge in [0.2, 0.25) is 0 Å². The van der Waals surface area contributed by atoms with Crippen LogP contribution in [-0.4, -0.2) is 119 Å². The van der Waals surface area contributed by atoms with Gasteiger partial charge < -0.3 is 63.6 Å². The lowest BCUT2D eigenvalue weighted by atomic mass is 11.0. The number of epoxide rings is 3. The molecule has 7 aliphatic rings. The second kappa shape index (κ2) is 10.6. The van der Waals surface area contributed by atoms with Crippen LogP contribution < -0.4 is 0 Å². The first-order chi connectivity index (χ1) is 19.2. The van der Waals surface area contributed by atoms with Gasteiger partial charge in [-0.3, -0.25) is 0 Å². The Morgan fingerprint density at radius 1 is 0.625 bits per heavy atom. The summed E-state index contributed by atoms with van der Waals surface area (Å²) in [5.41, 5.74) is 4.31. The zero-order valence-corrected chi connectivity index (χ0v) is 32.0. The molecule has 7 atom stereocenters. The van der Waals surface area contributed by atoms with Gasteiger partial charge in [-0.25, -0.2) is 0 Å². The standard InChI is InChI=1S/C14H26O15Si9.C2H4/c1-5-31-19-37(13-10-16-13)22-32-21-33(6-2)24-34(7-3,28-37)26-36(18-30,12-9-15-12)27-35(8-4,25-33)29-38(20-31,23-32)14-11-17-14;1-2/h5-8,12-14,31-32H,1-4,9-11H2,30H3;1-2H2. The molecule has 6 bridgehead atoms. The Hall–Kier alpha value is 0.0519. The SMILES string of the molecule is C=C.C=C[SiH]1O[Si]2(C3CO3)O[SiH]3O[Si]4(C=C)O[Si](C=C)(O2)O[Si](O[SiH3])(C2CO2)O[Si](C=C)(O4)O[Si](C2CO2)(O1)O3. The fourth-order valence-corrected chi connectivity index (χ4v) is 44.8. The number of rotatable bonds is 8. The highest BCUT2D eigenvalue weighted by Crippen LogP contribution is 2.47. The van der Waals surface area contributed by atoms with Crippen LogP contribution in [0.2, 0.25) is 0 Å². The fourth-order valence-electron chi connectivity index (χ4n) is 4.39. The minimum absolute atomic E-state index is 0.224. The number of hydrogen-bond donors (Lipinski definition) is 0. The van der Waals surface area contributed by atoms with E-state index in [4.69, 9.17) is 63.6 Å². The van der Waals surface area contributed by atoms with Crippen molar-refractivity contribution in [3.63, 3.8) is 0 Å². The summed E-state index contributed by atoms with van der Waals surface area (Å²) >= 11 is 0. The van der Waals surface area contributed by atoms with Crippen molar-refractivity contribution in [2.75, 3.05) is 19.8 Å². The zero-order valence-electron chi connectivity index (χ0n) is 21.7. The van der Waals surface area contributed by atoms with Crippen molar-refractivity contribution in [1.29, 1.82) is 0 Å². The maximum Gasteiger partial charge on any atom is 0.510 e. The van der Waals surface area contributed by atoms with Crippen molar-refractivity contribution in [1.82, 2.24) is 0 Å². The van der Waals surface area contributed by atoms with Gasteiger partial charge in [0.25, 0.3) is 0 Å². The Kier molecular flexibility index (Phi) is 7.97. The van der Waals surface area contributed by atoms with E-state index in [0.29, 0.717) is 19.8 Å². The molecule has 7 heterocycles. The molecule has 40 heavy (non-hydrogen) atoms. The Balaban J connectivity index is 0.00000142. The quantitative estimate of drug-likeness (QED) is 0.150. The Labute approximate surface area is 244 Å². The molecule has 24 heteroatoms. The minimum atomic E-state index is -4.08. The van der Waals surface area contributed by atoms with Crippen molar-refractivity contribution in [2.45, 2.75) is 17.2 Å². The molecule has 0 radical (unpaired) electrons. The highest BCUT2D eigenvalue weighted by molar-refractivity contribution is 7.01. The molecule has 0 aromatic rings. The third-order valence-electron chi connectivity index (χ3n) is 6.46. The van der Waals surface area contributed by atoms with Crippen LogP contribution in [0.15, 0.2) is 62.3 Å². The molecule has 0 N–H and O–H groups in total. The van der Waals surface area contributed by atoms with Crippen LogP contribution in [0.3, 0.4) is 0 Å². The van der Waals surface area contributed by atoms with E-state index in [1.165, 1.54) is 17.1 Å². The number of fused-ring (bicyclic) bond motifs is 4. The first-order valence-electron chi connectivity index (χ1n) is 12.3. The molecular weight excluding hydrogens is 685 g/mol. The van der Waals surface area contributed by atoms with E-state index in [2.05, 4.69) is 39.5 Å². The number of ether oxygens (including phenoxy) is 3. The normalized spacial score (nSPS) is 54.0. The van der Waals surface area contributed by atoms with Gasteiger partial charge in [0.05, 0.1) is 19.8 Å². The van der Waals surface area contributed by atoms with E-state index in [0.717, 1.165) is 0 Å². The smallest absolute Gasteiger partial charge is 0.424 e. The third-order valence-corrected chi connectivity index (χ3v) is 38.4. The summed E-state index contributed by atoms with van der Waals surface area (Å²) in [6.07, 6.45) is 0. The molecule has 0 spiro atoms. The molecular formula is C16H30O15Si9. The van der Waals surface area contributed by atoms with Gasteiger partial charge in [-0.2, -0.15) is 0 Å². The van der Waals surface area contributed by atoms with Crippen LogP contribution in [-0.2, 0) is 63.6 Å². The van der Waals surface area contributed by atoms with Gasteiger partial charge in [0.1, 0.15) is 27.7 Å². The van der Waals surface area contributed by atoms with Gasteiger partial charge >= 0.3 is 71.6 Å². The fraction of sp³-hybridized carbons (Fsp3) is 0.375. The van der Waals surface area contributed by atoms with Crippen LogP contribution in [0.1, 0.15) is 0 Å². The molecule has 0 aliphatic carbocycles. The van der Waals surface area contributed by atoms with Crippen molar-refractivity contribution in [3.05, 3.63) is 62.3 Å². The Morgan fingerprint density at radius 2 is 1.07 bits per heavy atom. The summed E-state index contributed by atoms with van der Waals surface area (Å²) in [4.78, 5) is 0. The highest BCUT2D eigenvalue weighted by Gasteiger charge is 2.80. The summed E-state index contributed by atoms with van der Waals surface area (Å²) in [6, 6.07) is 0. The summed E-state index contributed by atoms with van der Waals surface area (Å²) in [5, 5.41) is 0. The second-order valence-corrected chi connectivity index (χ2v) is 32.4. The molecule has 0 amide bonds. The molecule has 7 fully saturated rings. The lowest BCUT2D eigenvalue weighted by Crippen LogP contribution is -2.83. The third kappa shape index (κ3) is 5.02. The first kappa shape index (κ1) is 30.1. The van der Waals surface area contributed by atoms with Gasteiger partial charge in [-0.05, 0) is 17.1 Å². The zero-order chi connectivity index (χ0) is 28.4. The van der Waals surface area contributed by atoms with Gasteiger partial charge in [0, 0.05) is 0 Å². The topological polar surface area (TPSA) is 148 Å². The first-order valence-corrected chi connectivity index (χ1v) is 26.9. The number of hydrogen-bond acceptors (Lipinski definition) is 15. The molecule has 0 aromatic carbocycles. The van der Waals surface area contributed by atoms with Gasteiger partial charge in [-0.15, -0.1) is 39.5 Å². The van der Waals surface area contributed by atoms with Gasteiger partial charge in [-0.1, -0.05) is 5.70 Å². The average molecular weight is 715 g/mol. The minimum Gasteiger partial charge on any atom is -0.424 e. The van der Waals surface area contributed by atoms with Crippen molar-refractivity contribution < 1.29 is 63.6 Å². The Morgan fingerprint density at radius 3 is 1.43 bits per heavy atom. The molecule has 0 saturated carbocycles. The molecule has 7 aliphatic heterocycles. The Bertz CT molecular complexity index is 1020. The molecule has 7 rings (SSSR count). The lowest BCUT2D eigenvalue weighted by Gasteiger charge is -2.55. The highest BCUT2D eigenvalue weighted by atomic mass is 28.6. The summed E-state index contributed by atoms with van der Waals surface area (Å²) < 4.78 is 96.5. The second-order valence-electron chi connectivity index (χ2n) is 9.00.